The number of nitrogens with two attached hydrogens (primary N) is 1. The van der Waals surface area contributed by atoms with E-state index in [0.29, 0.717) is 55.7 Å². The van der Waals surface area contributed by atoms with Gasteiger partial charge in [0.15, 0.2) is 11.6 Å². The number of benzene rings is 4. The summed E-state index contributed by atoms with van der Waals surface area (Å²) in [6.07, 6.45) is 12.1. The molecule has 0 bridgehead atoms. The molecule has 0 saturated heterocycles. The van der Waals surface area contributed by atoms with E-state index in [-0.39, 0.29) is 56.0 Å². The summed E-state index contributed by atoms with van der Waals surface area (Å²) in [5.74, 6) is -4.60. The molecule has 22 nitrogen and oxygen atoms in total. The Morgan fingerprint density at radius 3 is 1.88 bits per heavy atom. The molecule has 1 fully saturated rings. The number of fused-ring (bicyclic) bond motifs is 1. The average molecular weight is 1450 g/mol. The predicted octanol–water partition coefficient (Wildman–Crippen LogP) is 12.7. The molecule has 3 aliphatic rings. The van der Waals surface area contributed by atoms with E-state index in [9.17, 15) is 47.7 Å². The Morgan fingerprint density at radius 2 is 1.28 bits per heavy atom. The van der Waals surface area contributed by atoms with Crippen molar-refractivity contribution in [2.24, 2.45) is 29.5 Å². The van der Waals surface area contributed by atoms with Gasteiger partial charge >= 0.3 is 30.9 Å². The number of nitrogens with one attached hydrogen (secondary N) is 1. The molecule has 0 spiro atoms. The molecule has 4 aromatic carbocycles. The van der Waals surface area contributed by atoms with Crippen LogP contribution in [-0.2, 0) is 121 Å². The van der Waals surface area contributed by atoms with Gasteiger partial charge in [0.25, 0.3) is 0 Å². The fourth-order valence-corrected chi connectivity index (χ4v) is 14.2. The highest BCUT2D eigenvalue weighted by molar-refractivity contribution is 7.54. The normalized spacial score (nSPS) is 17.3. The maximum absolute atomic E-state index is 16.3. The third-order valence-corrected chi connectivity index (χ3v) is 20.9. The van der Waals surface area contributed by atoms with Gasteiger partial charge in [-0.1, -0.05) is 98.5 Å². The molecule has 3 amide bonds. The second kappa shape index (κ2) is 36.7. The molecule has 8 rings (SSSR count). The fraction of sp³-hybridized carbons (Fsp3) is 0.551. The molecule has 0 radical (unpaired) electrons. The number of primary amides is 1. The van der Waals surface area contributed by atoms with Crippen LogP contribution in [0, 0.1) is 16.7 Å². The molecule has 1 aromatic heterocycles. The van der Waals surface area contributed by atoms with Crippen LogP contribution in [0.2, 0.25) is 0 Å². The predicted molar refractivity (Wildman–Crippen MR) is 385 cm³/mol. The number of Topliss-reactive ketones (excluding diaryl/α,β-unsaturated/α-hetero) is 2. The van der Waals surface area contributed by atoms with Crippen molar-refractivity contribution in [3.63, 3.8) is 0 Å². The van der Waals surface area contributed by atoms with Crippen molar-refractivity contribution < 1.29 is 84.4 Å². The van der Waals surface area contributed by atoms with Crippen LogP contribution in [0.25, 0.3) is 16.6 Å². The van der Waals surface area contributed by atoms with Crippen LogP contribution in [0.3, 0.4) is 0 Å². The minimum Gasteiger partial charge on any atom is -0.438 e. The summed E-state index contributed by atoms with van der Waals surface area (Å²) in [6, 6.07) is 22.0. The van der Waals surface area contributed by atoms with Gasteiger partial charge in [0.2, 0.25) is 31.3 Å². The number of allylic oxidation sites excluding steroid dienone is 2. The summed E-state index contributed by atoms with van der Waals surface area (Å²) >= 11 is 0. The number of imidazole rings is 1. The third-order valence-electron chi connectivity index (χ3n) is 19.1. The number of amides is 3. The molecule has 3 N–H and O–H groups in total. The quantitative estimate of drug-likeness (QED) is 0.00923. The first-order valence-corrected chi connectivity index (χ1v) is 37.5. The molecule has 1 saturated carbocycles. The lowest BCUT2D eigenvalue weighted by Crippen LogP contribution is -2.54. The number of alkyl halides is 2. The van der Waals surface area contributed by atoms with Gasteiger partial charge < -0.3 is 34.7 Å². The van der Waals surface area contributed by atoms with Crippen LogP contribution in [-0.4, -0.2) is 114 Å². The molecular weight excluding hydrogens is 1350 g/mol. The Bertz CT molecular complexity index is 3930. The van der Waals surface area contributed by atoms with Crippen molar-refractivity contribution in [2.45, 2.75) is 214 Å². The number of hydrogen-bond donors (Lipinski definition) is 2. The minimum atomic E-state index is -5.59. The van der Waals surface area contributed by atoms with E-state index in [1.165, 1.54) is 64.7 Å². The highest BCUT2D eigenvalue weighted by Crippen LogP contribution is 2.67. The lowest BCUT2D eigenvalue weighted by molar-refractivity contribution is -0.163. The number of esters is 2. The Balaban J connectivity index is 0.739. The van der Waals surface area contributed by atoms with Crippen molar-refractivity contribution in [3.8, 4) is 0 Å². The number of halogens is 2. The van der Waals surface area contributed by atoms with Gasteiger partial charge in [0.1, 0.15) is 11.8 Å². The Hall–Kier alpha value is -7.86. The number of aryl methyl sites for hydroxylation is 4. The number of rotatable bonds is 39. The van der Waals surface area contributed by atoms with Gasteiger partial charge in [0, 0.05) is 70.6 Å². The highest BCUT2D eigenvalue weighted by Gasteiger charge is 2.56. The van der Waals surface area contributed by atoms with Crippen LogP contribution in [0.5, 0.6) is 0 Å². The molecule has 25 heteroatoms. The van der Waals surface area contributed by atoms with E-state index in [1.807, 2.05) is 55.5 Å². The summed E-state index contributed by atoms with van der Waals surface area (Å²) in [7, 11) is -3.87. The molecule has 5 atom stereocenters. The minimum absolute atomic E-state index is 0.0321. The Labute approximate surface area is 601 Å². The number of anilines is 1. The fourth-order valence-electron chi connectivity index (χ4n) is 13.0. The number of carbonyl (C=O) groups is 8. The van der Waals surface area contributed by atoms with Gasteiger partial charge in [0.05, 0.1) is 58.8 Å². The number of carbonyl (C=O) groups excluding carboxylic acids is 8. The van der Waals surface area contributed by atoms with Crippen LogP contribution in [0.1, 0.15) is 197 Å². The molecule has 5 aromatic rings. The maximum atomic E-state index is 16.3. The zero-order valence-electron chi connectivity index (χ0n) is 61.0. The molecule has 103 heavy (non-hydrogen) atoms. The van der Waals surface area contributed by atoms with Gasteiger partial charge in [-0.3, -0.25) is 66.0 Å². The van der Waals surface area contributed by atoms with Crippen molar-refractivity contribution in [3.05, 3.63) is 140 Å². The summed E-state index contributed by atoms with van der Waals surface area (Å²) in [6.45, 7) is 13.2. The molecule has 560 valence electrons. The zero-order chi connectivity index (χ0) is 74.8. The number of unbranched alkanes of at least 4 members (excludes halogenated alkanes) is 5. The lowest BCUT2D eigenvalue weighted by Gasteiger charge is -2.31. The summed E-state index contributed by atoms with van der Waals surface area (Å²) in [4.78, 5) is 119. The topological polar surface area (TPSA) is 286 Å². The van der Waals surface area contributed by atoms with Crippen LogP contribution < -0.4 is 21.6 Å². The Morgan fingerprint density at radius 1 is 0.709 bits per heavy atom. The number of aromatic nitrogens is 2. The summed E-state index contributed by atoms with van der Waals surface area (Å²) in [5.41, 5.74) is 5.77. The molecular formula is C78H102F2N5O17P. The first-order chi connectivity index (χ1) is 48.9. The first kappa shape index (κ1) is 80.8. The van der Waals surface area contributed by atoms with Gasteiger partial charge in [-0.25, -0.2) is 4.79 Å². The number of para-hydroxylation sites is 1. The highest BCUT2D eigenvalue weighted by atomic mass is 31.2. The molecule has 1 unspecified atom stereocenters. The monoisotopic (exact) mass is 1450 g/mol. The first-order valence-electron chi connectivity index (χ1n) is 35.9. The number of ether oxygens (including phenoxy) is 5. The third kappa shape index (κ3) is 21.9. The van der Waals surface area contributed by atoms with E-state index < -0.39 is 109 Å². The average Bonchev–Trinajstić information content (AvgIpc) is 1.71. The van der Waals surface area contributed by atoms with Gasteiger partial charge in [-0.2, -0.15) is 8.78 Å². The van der Waals surface area contributed by atoms with E-state index in [4.69, 9.17) is 38.5 Å². The largest absolute Gasteiger partial charge is 0.438 e. The van der Waals surface area contributed by atoms with E-state index in [0.717, 1.165) is 128 Å². The van der Waals surface area contributed by atoms with E-state index in [1.54, 1.807) is 23.1 Å². The summed E-state index contributed by atoms with van der Waals surface area (Å²) in [5, 5.41) is 3.09. The number of hydrogen-bond acceptors (Lipinski definition) is 17. The number of nitrogens with zero attached hydrogens (tertiary/aromatic N) is 3. The number of ketones is 3. The molecule has 1 aliphatic carbocycles. The van der Waals surface area contributed by atoms with Crippen molar-refractivity contribution >= 4 is 76.9 Å². The second-order valence-corrected chi connectivity index (χ2v) is 31.4. The Kier molecular flexibility index (Phi) is 28.8. The van der Waals surface area contributed by atoms with Gasteiger partial charge in [-0.15, -0.1) is 0 Å². The lowest BCUT2D eigenvalue weighted by atomic mass is 9.92. The second-order valence-electron chi connectivity index (χ2n) is 29.3. The van der Waals surface area contributed by atoms with Crippen LogP contribution in [0.4, 0.5) is 14.5 Å². The van der Waals surface area contributed by atoms with Crippen molar-refractivity contribution in [2.75, 3.05) is 44.9 Å². The SMILES string of the molecule is C/C(=C\C(=O)C[C@H]1CCc2cccc3c2N(C1=O)[C@H](C(=O)N[C@@H](CCC(N)=O)[C@@H](C)OCc1ccc(CCCOCCCCCCCCOCCCc2ccc4c(c2)n(C)c(=O)n4C2CCC(=O)CC2=O)cc1)C3)c1ccc(C(F)(F)P(=O)(OCOC(=O)C(C)(C)C)OCOC(=O)C(C)(C)C)cc1. The summed E-state index contributed by atoms with van der Waals surface area (Å²) < 4.78 is 87.7. The standard InChI is InChI=1S/C78H102F2N5O17P/c1-51(56-30-32-60(33-31-56)78(79,80)103(95,101-49-99-73(92)76(3,4)5)102-50-100-74(93)77(6,7)8)43-62(87)45-59-29-28-57-21-16-22-58-46-67(85(70(57)58)72(59)91)71(90)82-63(35-38-69(81)89)52(2)98-48-55-25-23-53(24-26-55)19-17-41-96-39-14-12-10-11-13-15-40-97-42-18-20-54-27-36-64-66(44-54)83(9)75(94)84(64)65-37-34-61(86)47-68(65)88/h16,21-27,30-33,36,43-44,52,59,63,65,67H,10-15,17-20,28-29,34-35,37-42,45-50H2,1-9H3,(H2,81,89)(H,82,90)/b51-43+/t52-,59-,63+,65?,67+/m1/s1. The smallest absolute Gasteiger partial charge is 0.410 e. The van der Waals surface area contributed by atoms with E-state index >= 15 is 8.78 Å². The van der Waals surface area contributed by atoms with Crippen LogP contribution in [0.15, 0.2) is 95.8 Å². The van der Waals surface area contributed by atoms with Crippen molar-refractivity contribution in [1.29, 1.82) is 0 Å². The maximum Gasteiger partial charge on any atom is 0.410 e. The molecule has 2 aliphatic heterocycles. The zero-order valence-corrected chi connectivity index (χ0v) is 61.9. The van der Waals surface area contributed by atoms with E-state index in [2.05, 4.69) is 17.4 Å². The van der Waals surface area contributed by atoms with Crippen molar-refractivity contribution in [1.82, 2.24) is 14.5 Å². The van der Waals surface area contributed by atoms with Gasteiger partial charge in [-0.05, 0) is 177 Å². The van der Waals surface area contributed by atoms with Crippen LogP contribution >= 0.6 is 7.60 Å². The molecule has 3 heterocycles.